The molecular weight excluding hydrogens is 126 g/mol. The Morgan fingerprint density at radius 2 is 1.90 bits per heavy atom. The predicted octanol–water partition coefficient (Wildman–Crippen LogP) is 1.66. The van der Waals surface area contributed by atoms with Gasteiger partial charge in [0.05, 0.1) is 6.61 Å². The summed E-state index contributed by atoms with van der Waals surface area (Å²) in [4.78, 5) is 0. The fraction of sp³-hybridized carbons (Fsp3) is 1.00. The van der Waals surface area contributed by atoms with Gasteiger partial charge >= 0.3 is 0 Å². The van der Waals surface area contributed by atoms with Crippen molar-refractivity contribution in [2.24, 2.45) is 0 Å². The van der Waals surface area contributed by atoms with E-state index < -0.39 is 0 Å². The summed E-state index contributed by atoms with van der Waals surface area (Å²) in [7, 11) is 1.72. The Labute approximate surface area is 65.0 Å². The SMILES string of the molecule is CC.CCNC(C)COC. The van der Waals surface area contributed by atoms with Gasteiger partial charge in [0, 0.05) is 13.2 Å². The first-order valence-corrected chi connectivity index (χ1v) is 4.03. The quantitative estimate of drug-likeness (QED) is 0.653. The second-order valence-electron chi connectivity index (χ2n) is 1.91. The fourth-order valence-electron chi connectivity index (χ4n) is 0.657. The molecule has 0 bridgehead atoms. The molecule has 1 N–H and O–H groups in total. The standard InChI is InChI=1S/C6H15NO.C2H6/c1-4-7-6(2)5-8-3;1-2/h6-7H,4-5H2,1-3H3;1-2H3. The Hall–Kier alpha value is -0.0800. The van der Waals surface area contributed by atoms with Gasteiger partial charge < -0.3 is 10.1 Å². The van der Waals surface area contributed by atoms with Gasteiger partial charge in [-0.2, -0.15) is 0 Å². The highest BCUT2D eigenvalue weighted by Crippen LogP contribution is 1.78. The number of likely N-dealkylation sites (N-methyl/N-ethyl adjacent to an activating group) is 1. The van der Waals surface area contributed by atoms with Crippen molar-refractivity contribution in [2.45, 2.75) is 33.7 Å². The Morgan fingerprint density at radius 1 is 1.40 bits per heavy atom. The molecule has 1 atom stereocenters. The van der Waals surface area contributed by atoms with E-state index in [1.165, 1.54) is 0 Å². The van der Waals surface area contributed by atoms with Crippen LogP contribution in [-0.2, 0) is 4.74 Å². The third-order valence-electron chi connectivity index (χ3n) is 0.969. The van der Waals surface area contributed by atoms with Crippen LogP contribution in [0.25, 0.3) is 0 Å². The topological polar surface area (TPSA) is 21.3 Å². The van der Waals surface area contributed by atoms with Crippen molar-refractivity contribution in [3.05, 3.63) is 0 Å². The van der Waals surface area contributed by atoms with Crippen molar-refractivity contribution in [3.8, 4) is 0 Å². The van der Waals surface area contributed by atoms with Crippen LogP contribution in [0.4, 0.5) is 0 Å². The Kier molecular flexibility index (Phi) is 14.7. The van der Waals surface area contributed by atoms with E-state index in [9.17, 15) is 0 Å². The van der Waals surface area contributed by atoms with Gasteiger partial charge in [0.25, 0.3) is 0 Å². The minimum Gasteiger partial charge on any atom is -0.383 e. The third kappa shape index (κ3) is 10.8. The van der Waals surface area contributed by atoms with Gasteiger partial charge in [0.2, 0.25) is 0 Å². The van der Waals surface area contributed by atoms with E-state index >= 15 is 0 Å². The zero-order valence-electron chi connectivity index (χ0n) is 7.90. The van der Waals surface area contributed by atoms with Crippen LogP contribution >= 0.6 is 0 Å². The summed E-state index contributed by atoms with van der Waals surface area (Å²) in [5.74, 6) is 0. The maximum Gasteiger partial charge on any atom is 0.0613 e. The van der Waals surface area contributed by atoms with E-state index in [0.717, 1.165) is 13.2 Å². The molecule has 10 heavy (non-hydrogen) atoms. The van der Waals surface area contributed by atoms with E-state index in [4.69, 9.17) is 4.74 Å². The van der Waals surface area contributed by atoms with Crippen LogP contribution < -0.4 is 5.32 Å². The monoisotopic (exact) mass is 147 g/mol. The van der Waals surface area contributed by atoms with E-state index in [0.29, 0.717) is 6.04 Å². The van der Waals surface area contributed by atoms with E-state index in [1.54, 1.807) is 7.11 Å². The van der Waals surface area contributed by atoms with E-state index in [2.05, 4.69) is 19.2 Å². The highest BCUT2D eigenvalue weighted by molar-refractivity contribution is 4.54. The number of hydrogen-bond acceptors (Lipinski definition) is 2. The van der Waals surface area contributed by atoms with Crippen LogP contribution in [0.2, 0.25) is 0 Å². The van der Waals surface area contributed by atoms with Gasteiger partial charge in [0.1, 0.15) is 0 Å². The maximum absolute atomic E-state index is 4.89. The van der Waals surface area contributed by atoms with Gasteiger partial charge in [-0.05, 0) is 13.5 Å². The van der Waals surface area contributed by atoms with Crippen molar-refractivity contribution in [2.75, 3.05) is 20.3 Å². The van der Waals surface area contributed by atoms with E-state index in [-0.39, 0.29) is 0 Å². The summed E-state index contributed by atoms with van der Waals surface area (Å²) in [6.45, 7) is 10.0. The second kappa shape index (κ2) is 11.7. The molecule has 0 radical (unpaired) electrons. The maximum atomic E-state index is 4.89. The molecular formula is C8H21NO. The largest absolute Gasteiger partial charge is 0.383 e. The molecule has 0 rings (SSSR count). The van der Waals surface area contributed by atoms with Gasteiger partial charge in [-0.3, -0.25) is 0 Å². The van der Waals surface area contributed by atoms with Crippen LogP contribution in [0, 0.1) is 0 Å². The normalized spacial score (nSPS) is 11.7. The zero-order chi connectivity index (χ0) is 8.41. The van der Waals surface area contributed by atoms with Crippen LogP contribution in [0.1, 0.15) is 27.7 Å². The lowest BCUT2D eigenvalue weighted by molar-refractivity contribution is 0.173. The number of ether oxygens (including phenoxy) is 1. The van der Waals surface area contributed by atoms with Crippen molar-refractivity contribution in [3.63, 3.8) is 0 Å². The molecule has 0 saturated carbocycles. The minimum absolute atomic E-state index is 0.491. The lowest BCUT2D eigenvalue weighted by Gasteiger charge is -2.09. The Morgan fingerprint density at radius 3 is 2.20 bits per heavy atom. The number of hydrogen-bond donors (Lipinski definition) is 1. The molecule has 0 aromatic carbocycles. The highest BCUT2D eigenvalue weighted by Gasteiger charge is 1.94. The molecule has 1 unspecified atom stereocenters. The Bertz CT molecular complexity index is 42.5. The van der Waals surface area contributed by atoms with E-state index in [1.807, 2.05) is 13.8 Å². The third-order valence-corrected chi connectivity index (χ3v) is 0.969. The molecule has 0 spiro atoms. The van der Waals surface area contributed by atoms with Crippen LogP contribution in [0.5, 0.6) is 0 Å². The molecule has 0 amide bonds. The summed E-state index contributed by atoms with van der Waals surface area (Å²) in [5.41, 5.74) is 0. The molecule has 2 nitrogen and oxygen atoms in total. The van der Waals surface area contributed by atoms with Gasteiger partial charge in [0.15, 0.2) is 0 Å². The molecule has 2 heteroatoms. The van der Waals surface area contributed by atoms with Crippen LogP contribution in [-0.4, -0.2) is 26.3 Å². The van der Waals surface area contributed by atoms with Crippen molar-refractivity contribution >= 4 is 0 Å². The van der Waals surface area contributed by atoms with Crippen molar-refractivity contribution in [1.29, 1.82) is 0 Å². The molecule has 0 saturated heterocycles. The first-order valence-electron chi connectivity index (χ1n) is 4.03. The highest BCUT2D eigenvalue weighted by atomic mass is 16.5. The lowest BCUT2D eigenvalue weighted by Crippen LogP contribution is -2.29. The lowest BCUT2D eigenvalue weighted by atomic mass is 10.4. The van der Waals surface area contributed by atoms with Crippen LogP contribution in [0.15, 0.2) is 0 Å². The first-order chi connectivity index (χ1) is 4.81. The predicted molar refractivity (Wildman–Crippen MR) is 46.4 cm³/mol. The minimum atomic E-state index is 0.491. The molecule has 0 fully saturated rings. The molecule has 0 aliphatic rings. The molecule has 0 aliphatic carbocycles. The average molecular weight is 147 g/mol. The molecule has 64 valence electrons. The van der Waals surface area contributed by atoms with Crippen LogP contribution in [0.3, 0.4) is 0 Å². The number of nitrogens with one attached hydrogen (secondary N) is 1. The summed E-state index contributed by atoms with van der Waals surface area (Å²) >= 11 is 0. The molecule has 0 aliphatic heterocycles. The number of rotatable bonds is 4. The summed E-state index contributed by atoms with van der Waals surface area (Å²) in [5, 5.41) is 3.22. The van der Waals surface area contributed by atoms with Gasteiger partial charge in [-0.15, -0.1) is 0 Å². The fourth-order valence-corrected chi connectivity index (χ4v) is 0.657. The smallest absolute Gasteiger partial charge is 0.0613 e. The van der Waals surface area contributed by atoms with Gasteiger partial charge in [-0.25, -0.2) is 0 Å². The molecule has 0 aromatic rings. The first kappa shape index (κ1) is 12.6. The summed E-state index contributed by atoms with van der Waals surface area (Å²) in [6.07, 6.45) is 0. The van der Waals surface area contributed by atoms with Crippen molar-refractivity contribution < 1.29 is 4.74 Å². The van der Waals surface area contributed by atoms with Crippen molar-refractivity contribution in [1.82, 2.24) is 5.32 Å². The molecule has 0 heterocycles. The molecule has 0 aromatic heterocycles. The Balaban J connectivity index is 0. The second-order valence-corrected chi connectivity index (χ2v) is 1.91. The summed E-state index contributed by atoms with van der Waals surface area (Å²) < 4.78 is 4.89. The zero-order valence-corrected chi connectivity index (χ0v) is 7.90. The number of methoxy groups -OCH3 is 1. The average Bonchev–Trinajstić information content (AvgIpc) is 1.93. The van der Waals surface area contributed by atoms with Gasteiger partial charge in [-0.1, -0.05) is 20.8 Å². The summed E-state index contributed by atoms with van der Waals surface area (Å²) in [6, 6.07) is 0.491.